The van der Waals surface area contributed by atoms with Crippen LogP contribution in [0, 0.1) is 11.8 Å². The average Bonchev–Trinajstić information content (AvgIpc) is 2.96. The van der Waals surface area contributed by atoms with Crippen molar-refractivity contribution in [2.45, 2.75) is 51.4 Å². The number of nitrogens with one attached hydrogen (secondary N) is 1. The molecule has 0 aromatic heterocycles. The molecule has 1 N–H and O–H groups in total. The number of hydrogen-bond acceptors (Lipinski definition) is 5. The highest BCUT2D eigenvalue weighted by molar-refractivity contribution is 6.02. The smallest absolute Gasteiger partial charge is 0.248 e. The Bertz CT molecular complexity index is 1100. The number of anilines is 1. The molecule has 7 nitrogen and oxygen atoms in total. The highest BCUT2D eigenvalue weighted by Crippen LogP contribution is 2.38. The van der Waals surface area contributed by atoms with Crippen LogP contribution in [0.15, 0.2) is 42.5 Å². The summed E-state index contributed by atoms with van der Waals surface area (Å²) in [4.78, 5) is 27.6. The third kappa shape index (κ3) is 6.69. The van der Waals surface area contributed by atoms with Gasteiger partial charge in [-0.15, -0.1) is 0 Å². The third-order valence-corrected chi connectivity index (χ3v) is 7.94. The molecule has 1 saturated carbocycles. The van der Waals surface area contributed by atoms with Crippen LogP contribution < -0.4 is 19.5 Å². The molecule has 4 rings (SSSR count). The van der Waals surface area contributed by atoms with Crippen molar-refractivity contribution in [1.82, 2.24) is 4.90 Å². The fourth-order valence-electron chi connectivity index (χ4n) is 5.59. The van der Waals surface area contributed by atoms with Gasteiger partial charge in [-0.3, -0.25) is 9.59 Å². The summed E-state index contributed by atoms with van der Waals surface area (Å²) in [5, 5.41) is 2.92. The molecule has 0 atom stereocenters. The molecule has 1 aliphatic heterocycles. The molecule has 2 fully saturated rings. The number of methoxy groups -OCH3 is 3. The summed E-state index contributed by atoms with van der Waals surface area (Å²) < 4.78 is 16.1. The zero-order valence-electron chi connectivity index (χ0n) is 23.0. The molecule has 7 heteroatoms. The molecular formula is C31H40N2O5. The van der Waals surface area contributed by atoms with Gasteiger partial charge in [-0.05, 0) is 91.8 Å². The summed E-state index contributed by atoms with van der Waals surface area (Å²) in [6.45, 7) is 3.96. The van der Waals surface area contributed by atoms with Crippen LogP contribution in [-0.4, -0.2) is 51.1 Å². The van der Waals surface area contributed by atoms with E-state index in [0.717, 1.165) is 55.9 Å². The molecular weight excluding hydrogens is 480 g/mol. The first-order valence-electron chi connectivity index (χ1n) is 13.6. The first-order valence-corrected chi connectivity index (χ1v) is 13.6. The van der Waals surface area contributed by atoms with Gasteiger partial charge in [0.25, 0.3) is 0 Å². The van der Waals surface area contributed by atoms with Gasteiger partial charge in [0.2, 0.25) is 17.6 Å². The van der Waals surface area contributed by atoms with E-state index < -0.39 is 0 Å². The number of amides is 2. The molecule has 1 aliphatic carbocycles. The van der Waals surface area contributed by atoms with E-state index in [-0.39, 0.29) is 11.8 Å². The molecule has 2 amide bonds. The lowest BCUT2D eigenvalue weighted by atomic mass is 9.81. The lowest BCUT2D eigenvalue weighted by Crippen LogP contribution is -2.42. The first kappa shape index (κ1) is 27.6. The molecule has 204 valence electrons. The van der Waals surface area contributed by atoms with E-state index >= 15 is 0 Å². The Kier molecular flexibility index (Phi) is 9.32. The van der Waals surface area contributed by atoms with Gasteiger partial charge >= 0.3 is 0 Å². The van der Waals surface area contributed by atoms with Crippen molar-refractivity contribution in [2.75, 3.05) is 39.7 Å². The monoisotopic (exact) mass is 520 g/mol. The predicted molar refractivity (Wildman–Crippen MR) is 150 cm³/mol. The Morgan fingerprint density at radius 1 is 0.868 bits per heavy atom. The Balaban J connectivity index is 1.29. The topological polar surface area (TPSA) is 77.1 Å². The van der Waals surface area contributed by atoms with Crippen molar-refractivity contribution in [1.29, 1.82) is 0 Å². The summed E-state index contributed by atoms with van der Waals surface area (Å²) in [5.74, 6) is 3.14. The van der Waals surface area contributed by atoms with Gasteiger partial charge in [0, 0.05) is 30.8 Å². The molecule has 0 bridgehead atoms. The molecule has 2 aromatic rings. The van der Waals surface area contributed by atoms with Crippen LogP contribution in [0.25, 0.3) is 6.08 Å². The molecule has 1 saturated heterocycles. The molecule has 0 spiro atoms. The van der Waals surface area contributed by atoms with E-state index in [9.17, 15) is 9.59 Å². The summed E-state index contributed by atoms with van der Waals surface area (Å²) in [6.07, 6.45) is 9.60. The van der Waals surface area contributed by atoms with Gasteiger partial charge in [-0.1, -0.05) is 19.1 Å². The summed E-state index contributed by atoms with van der Waals surface area (Å²) >= 11 is 0. The number of hydrogen-bond donors (Lipinski definition) is 1. The van der Waals surface area contributed by atoms with Gasteiger partial charge in [-0.25, -0.2) is 0 Å². The van der Waals surface area contributed by atoms with E-state index in [0.29, 0.717) is 29.1 Å². The summed E-state index contributed by atoms with van der Waals surface area (Å²) in [7, 11) is 4.67. The van der Waals surface area contributed by atoms with Crippen LogP contribution in [-0.2, 0) is 9.59 Å². The Hall–Kier alpha value is -3.48. The first-order chi connectivity index (χ1) is 18.4. The lowest BCUT2D eigenvalue weighted by molar-refractivity contribution is -0.137. The zero-order chi connectivity index (χ0) is 27.1. The van der Waals surface area contributed by atoms with Crippen LogP contribution in [0.1, 0.15) is 62.5 Å². The second-order valence-corrected chi connectivity index (χ2v) is 10.5. The number of benzene rings is 2. The van der Waals surface area contributed by atoms with Crippen LogP contribution in [0.5, 0.6) is 17.2 Å². The van der Waals surface area contributed by atoms with Crippen LogP contribution in [0.2, 0.25) is 0 Å². The molecule has 0 unspecified atom stereocenters. The molecule has 2 aromatic carbocycles. The molecule has 38 heavy (non-hydrogen) atoms. The maximum Gasteiger partial charge on any atom is 0.248 e. The van der Waals surface area contributed by atoms with Crippen molar-refractivity contribution in [3.8, 4) is 17.2 Å². The van der Waals surface area contributed by atoms with E-state index in [4.69, 9.17) is 14.2 Å². The molecule has 2 aliphatic rings. The number of likely N-dealkylation sites (tertiary alicyclic amines) is 1. The Labute approximate surface area is 226 Å². The SMILES string of the molecule is COc1cc(/C=C/C(=O)Nc2ccc(C3CCN(C(=O)C4CCC(C)CC4)CC3)cc2)cc(OC)c1OC. The number of piperidine rings is 1. The molecule has 0 radical (unpaired) electrons. The van der Waals surface area contributed by atoms with Crippen LogP contribution >= 0.6 is 0 Å². The number of carbonyl (C=O) groups excluding carboxylic acids is 2. The Morgan fingerprint density at radius 3 is 2.03 bits per heavy atom. The van der Waals surface area contributed by atoms with Crippen molar-refractivity contribution in [3.63, 3.8) is 0 Å². The van der Waals surface area contributed by atoms with E-state index in [2.05, 4.69) is 29.3 Å². The van der Waals surface area contributed by atoms with Crippen molar-refractivity contribution >= 4 is 23.6 Å². The minimum Gasteiger partial charge on any atom is -0.493 e. The van der Waals surface area contributed by atoms with Crippen LogP contribution in [0.3, 0.4) is 0 Å². The number of rotatable bonds is 8. The summed E-state index contributed by atoms with van der Waals surface area (Å²) in [5.41, 5.74) is 2.76. The number of nitrogens with zero attached hydrogens (tertiary/aromatic N) is 1. The lowest BCUT2D eigenvalue weighted by Gasteiger charge is -2.36. The van der Waals surface area contributed by atoms with Crippen molar-refractivity contribution in [3.05, 3.63) is 53.6 Å². The van der Waals surface area contributed by atoms with Crippen LogP contribution in [0.4, 0.5) is 5.69 Å². The van der Waals surface area contributed by atoms with E-state index in [1.807, 2.05) is 12.1 Å². The van der Waals surface area contributed by atoms with Gasteiger partial charge in [-0.2, -0.15) is 0 Å². The van der Waals surface area contributed by atoms with Gasteiger partial charge in [0.1, 0.15) is 0 Å². The quantitative estimate of drug-likeness (QED) is 0.439. The van der Waals surface area contributed by atoms with Crippen molar-refractivity contribution in [2.24, 2.45) is 11.8 Å². The maximum atomic E-state index is 12.9. The fraction of sp³-hybridized carbons (Fsp3) is 0.484. The zero-order valence-corrected chi connectivity index (χ0v) is 23.0. The number of carbonyl (C=O) groups is 2. The predicted octanol–water partition coefficient (Wildman–Crippen LogP) is 5.90. The van der Waals surface area contributed by atoms with Crippen molar-refractivity contribution < 1.29 is 23.8 Å². The highest BCUT2D eigenvalue weighted by atomic mass is 16.5. The maximum absolute atomic E-state index is 12.9. The fourth-order valence-corrected chi connectivity index (χ4v) is 5.59. The molecule has 1 heterocycles. The third-order valence-electron chi connectivity index (χ3n) is 7.94. The minimum absolute atomic E-state index is 0.226. The number of ether oxygens (including phenoxy) is 3. The second-order valence-electron chi connectivity index (χ2n) is 10.5. The van der Waals surface area contributed by atoms with E-state index in [1.54, 1.807) is 39.5 Å². The summed E-state index contributed by atoms with van der Waals surface area (Å²) in [6, 6.07) is 11.6. The normalized spacial score (nSPS) is 20.3. The van der Waals surface area contributed by atoms with E-state index in [1.165, 1.54) is 24.5 Å². The second kappa shape index (κ2) is 12.9. The van der Waals surface area contributed by atoms with Gasteiger partial charge < -0.3 is 24.4 Å². The minimum atomic E-state index is -0.226. The Morgan fingerprint density at radius 2 is 1.47 bits per heavy atom. The van der Waals surface area contributed by atoms with Gasteiger partial charge in [0.05, 0.1) is 21.3 Å². The largest absolute Gasteiger partial charge is 0.493 e. The van der Waals surface area contributed by atoms with Gasteiger partial charge in [0.15, 0.2) is 11.5 Å². The standard InChI is InChI=1S/C31H40N2O5/c1-21-5-8-25(9-6-21)31(35)33-17-15-24(16-18-33)23-10-12-26(13-11-23)32-29(34)14-7-22-19-27(36-2)30(38-4)28(20-22)37-3/h7,10-14,19-21,24-25H,5-6,8-9,15-18H2,1-4H3,(H,32,34)/b14-7+. The average molecular weight is 521 g/mol. The highest BCUT2D eigenvalue weighted by Gasteiger charge is 2.30.